The van der Waals surface area contributed by atoms with E-state index >= 15 is 0 Å². The fourth-order valence-electron chi connectivity index (χ4n) is 2.31. The molecule has 0 aliphatic rings. The molecule has 0 fully saturated rings. The van der Waals surface area contributed by atoms with Gasteiger partial charge in [0.05, 0.1) is 5.56 Å². The fraction of sp³-hybridized carbons (Fsp3) is 0.0588. The molecular weight excluding hydrogens is 335 g/mol. The first-order valence-electron chi connectivity index (χ1n) is 6.88. The predicted octanol–water partition coefficient (Wildman–Crippen LogP) is 3.97. The standard InChI is InChI=1S/C17H12Cl2N2O2/c18-11-3-1-2-10(6-11)8-21-17(23)16(22)14-9-20-15-5-4-12(19)7-13(14)15/h1-7,9,20H,8H2,(H,21,23). The third kappa shape index (κ3) is 3.38. The number of Topliss-reactive ketones (excluding diaryl/α,β-unsaturated/α-hetero) is 1. The van der Waals surface area contributed by atoms with E-state index in [1.807, 2.05) is 6.07 Å². The number of H-pyrrole nitrogens is 1. The number of aromatic nitrogens is 1. The van der Waals surface area contributed by atoms with E-state index < -0.39 is 11.7 Å². The van der Waals surface area contributed by atoms with Gasteiger partial charge in [-0.3, -0.25) is 9.59 Å². The number of nitrogens with one attached hydrogen (secondary N) is 2. The zero-order valence-corrected chi connectivity index (χ0v) is 13.4. The Kier molecular flexibility index (Phi) is 4.37. The molecule has 0 saturated heterocycles. The second-order valence-corrected chi connectivity index (χ2v) is 5.91. The van der Waals surface area contributed by atoms with Crippen LogP contribution in [0.2, 0.25) is 10.0 Å². The molecule has 1 amide bonds. The lowest BCUT2D eigenvalue weighted by Gasteiger charge is -2.05. The van der Waals surface area contributed by atoms with Crippen molar-refractivity contribution in [2.45, 2.75) is 6.54 Å². The number of hydrogen-bond acceptors (Lipinski definition) is 2. The van der Waals surface area contributed by atoms with Crippen LogP contribution < -0.4 is 5.32 Å². The van der Waals surface area contributed by atoms with Crippen molar-refractivity contribution in [3.8, 4) is 0 Å². The van der Waals surface area contributed by atoms with Gasteiger partial charge in [-0.2, -0.15) is 0 Å². The van der Waals surface area contributed by atoms with E-state index in [-0.39, 0.29) is 6.54 Å². The zero-order chi connectivity index (χ0) is 16.4. The van der Waals surface area contributed by atoms with Gasteiger partial charge in [0.25, 0.3) is 11.7 Å². The van der Waals surface area contributed by atoms with Gasteiger partial charge in [-0.15, -0.1) is 0 Å². The Morgan fingerprint density at radius 2 is 1.83 bits per heavy atom. The largest absolute Gasteiger partial charge is 0.360 e. The molecule has 0 atom stereocenters. The van der Waals surface area contributed by atoms with Gasteiger partial charge in [0, 0.05) is 33.7 Å². The monoisotopic (exact) mass is 346 g/mol. The van der Waals surface area contributed by atoms with Gasteiger partial charge in [-0.25, -0.2) is 0 Å². The Bertz CT molecular complexity index is 902. The van der Waals surface area contributed by atoms with E-state index in [1.165, 1.54) is 6.20 Å². The van der Waals surface area contributed by atoms with Crippen molar-refractivity contribution in [3.05, 3.63) is 69.8 Å². The molecule has 6 heteroatoms. The SMILES string of the molecule is O=C(NCc1cccc(Cl)c1)C(=O)c1c[nH]c2ccc(Cl)cc12. The van der Waals surface area contributed by atoms with E-state index in [4.69, 9.17) is 23.2 Å². The zero-order valence-electron chi connectivity index (χ0n) is 11.9. The van der Waals surface area contributed by atoms with E-state index in [0.717, 1.165) is 11.1 Å². The summed E-state index contributed by atoms with van der Waals surface area (Å²) in [5.41, 5.74) is 1.87. The van der Waals surface area contributed by atoms with Crippen molar-refractivity contribution in [2.24, 2.45) is 0 Å². The maximum atomic E-state index is 12.3. The minimum Gasteiger partial charge on any atom is -0.360 e. The summed E-state index contributed by atoms with van der Waals surface area (Å²) < 4.78 is 0. The van der Waals surface area contributed by atoms with Crippen LogP contribution in [0.15, 0.2) is 48.7 Å². The highest BCUT2D eigenvalue weighted by atomic mass is 35.5. The summed E-state index contributed by atoms with van der Waals surface area (Å²) in [6, 6.07) is 12.2. The normalized spacial score (nSPS) is 10.7. The van der Waals surface area contributed by atoms with E-state index in [1.54, 1.807) is 36.4 Å². The van der Waals surface area contributed by atoms with Crippen molar-refractivity contribution >= 4 is 45.8 Å². The number of ketones is 1. The summed E-state index contributed by atoms with van der Waals surface area (Å²) in [5, 5.41) is 4.31. The summed E-state index contributed by atoms with van der Waals surface area (Å²) >= 11 is 11.8. The number of rotatable bonds is 4. The molecule has 4 nitrogen and oxygen atoms in total. The molecular formula is C17H12Cl2N2O2. The van der Waals surface area contributed by atoms with Crippen LogP contribution in [0.1, 0.15) is 15.9 Å². The van der Waals surface area contributed by atoms with Crippen LogP contribution >= 0.6 is 23.2 Å². The van der Waals surface area contributed by atoms with Gasteiger partial charge in [-0.1, -0.05) is 35.3 Å². The number of amides is 1. The minimum absolute atomic E-state index is 0.230. The number of carbonyl (C=O) groups is 2. The molecule has 1 aromatic heterocycles. The lowest BCUT2D eigenvalue weighted by Crippen LogP contribution is -2.30. The van der Waals surface area contributed by atoms with Crippen molar-refractivity contribution in [1.29, 1.82) is 0 Å². The molecule has 3 aromatic rings. The molecule has 2 aromatic carbocycles. The highest BCUT2D eigenvalue weighted by Crippen LogP contribution is 2.22. The van der Waals surface area contributed by atoms with Gasteiger partial charge in [0.15, 0.2) is 0 Å². The van der Waals surface area contributed by atoms with Crippen LogP contribution in [-0.4, -0.2) is 16.7 Å². The quantitative estimate of drug-likeness (QED) is 0.554. The first-order valence-corrected chi connectivity index (χ1v) is 7.64. The van der Waals surface area contributed by atoms with E-state index in [9.17, 15) is 9.59 Å². The molecule has 23 heavy (non-hydrogen) atoms. The number of fused-ring (bicyclic) bond motifs is 1. The number of benzene rings is 2. The lowest BCUT2D eigenvalue weighted by molar-refractivity contribution is -0.117. The van der Waals surface area contributed by atoms with Crippen LogP contribution in [0.5, 0.6) is 0 Å². The number of halogens is 2. The third-order valence-corrected chi connectivity index (χ3v) is 3.91. The first-order chi connectivity index (χ1) is 11.0. The molecule has 0 aliphatic heterocycles. The Morgan fingerprint density at radius 1 is 1.04 bits per heavy atom. The maximum Gasteiger partial charge on any atom is 0.292 e. The average Bonchev–Trinajstić information content (AvgIpc) is 2.95. The molecule has 0 aliphatic carbocycles. The lowest BCUT2D eigenvalue weighted by atomic mass is 10.1. The Hall–Kier alpha value is -2.30. The molecule has 0 bridgehead atoms. The fourth-order valence-corrected chi connectivity index (χ4v) is 2.70. The van der Waals surface area contributed by atoms with Gasteiger partial charge in [0.2, 0.25) is 0 Å². The second-order valence-electron chi connectivity index (χ2n) is 5.03. The number of hydrogen-bond donors (Lipinski definition) is 2. The summed E-state index contributed by atoms with van der Waals surface area (Å²) in [6.45, 7) is 0.230. The Morgan fingerprint density at radius 3 is 2.61 bits per heavy atom. The molecule has 0 radical (unpaired) electrons. The van der Waals surface area contributed by atoms with Crippen molar-refractivity contribution in [3.63, 3.8) is 0 Å². The number of aromatic amines is 1. The third-order valence-electron chi connectivity index (χ3n) is 3.44. The van der Waals surface area contributed by atoms with E-state index in [0.29, 0.717) is 21.0 Å². The topological polar surface area (TPSA) is 62.0 Å². The Balaban J connectivity index is 1.76. The van der Waals surface area contributed by atoms with Gasteiger partial charge in [-0.05, 0) is 35.9 Å². The summed E-state index contributed by atoms with van der Waals surface area (Å²) in [5.74, 6) is -1.29. The summed E-state index contributed by atoms with van der Waals surface area (Å²) in [4.78, 5) is 27.4. The summed E-state index contributed by atoms with van der Waals surface area (Å²) in [7, 11) is 0. The van der Waals surface area contributed by atoms with E-state index in [2.05, 4.69) is 10.3 Å². The van der Waals surface area contributed by atoms with Crippen LogP contribution in [0.25, 0.3) is 10.9 Å². The first kappa shape index (κ1) is 15.6. The predicted molar refractivity (Wildman–Crippen MR) is 90.9 cm³/mol. The molecule has 3 rings (SSSR count). The molecule has 0 saturated carbocycles. The van der Waals surface area contributed by atoms with Crippen LogP contribution in [-0.2, 0) is 11.3 Å². The minimum atomic E-state index is -0.675. The van der Waals surface area contributed by atoms with Crippen molar-refractivity contribution in [1.82, 2.24) is 10.3 Å². The van der Waals surface area contributed by atoms with Gasteiger partial charge < -0.3 is 10.3 Å². The molecule has 116 valence electrons. The van der Waals surface area contributed by atoms with Crippen LogP contribution in [0, 0.1) is 0 Å². The van der Waals surface area contributed by atoms with Crippen LogP contribution in [0.3, 0.4) is 0 Å². The molecule has 0 spiro atoms. The summed E-state index contributed by atoms with van der Waals surface area (Å²) in [6.07, 6.45) is 1.52. The highest BCUT2D eigenvalue weighted by molar-refractivity contribution is 6.45. The average molecular weight is 347 g/mol. The molecule has 1 heterocycles. The van der Waals surface area contributed by atoms with Crippen LogP contribution in [0.4, 0.5) is 0 Å². The molecule has 2 N–H and O–H groups in total. The van der Waals surface area contributed by atoms with Crippen molar-refractivity contribution < 1.29 is 9.59 Å². The molecule has 0 unspecified atom stereocenters. The second kappa shape index (κ2) is 6.44. The van der Waals surface area contributed by atoms with Gasteiger partial charge >= 0.3 is 0 Å². The van der Waals surface area contributed by atoms with Crippen molar-refractivity contribution in [2.75, 3.05) is 0 Å². The van der Waals surface area contributed by atoms with Gasteiger partial charge in [0.1, 0.15) is 0 Å². The maximum absolute atomic E-state index is 12.3. The highest BCUT2D eigenvalue weighted by Gasteiger charge is 2.19. The number of carbonyl (C=O) groups excluding carboxylic acids is 2. The smallest absolute Gasteiger partial charge is 0.292 e. The Labute approximate surface area is 142 Å².